The molecule has 0 radical (unpaired) electrons. The van der Waals surface area contributed by atoms with Crippen molar-refractivity contribution in [3.63, 3.8) is 0 Å². The van der Waals surface area contributed by atoms with Crippen molar-refractivity contribution in [1.82, 2.24) is 20.1 Å². The molecule has 1 fully saturated rings. The Morgan fingerprint density at radius 1 is 1.53 bits per heavy atom. The molecule has 1 aromatic rings. The number of hydrogen-bond donors (Lipinski definition) is 1. The Morgan fingerprint density at radius 2 is 2.27 bits per heavy atom. The van der Waals surface area contributed by atoms with Gasteiger partial charge in [-0.25, -0.2) is 0 Å². The van der Waals surface area contributed by atoms with Crippen LogP contribution in [0.15, 0.2) is 6.33 Å². The molecular weight excluding hydrogens is 188 g/mol. The van der Waals surface area contributed by atoms with E-state index in [1.54, 1.807) is 0 Å². The van der Waals surface area contributed by atoms with Crippen LogP contribution < -0.4 is 5.32 Å². The average molecular weight is 208 g/mol. The summed E-state index contributed by atoms with van der Waals surface area (Å²) in [5.74, 6) is 1.10. The summed E-state index contributed by atoms with van der Waals surface area (Å²) in [5.41, 5.74) is 0. The van der Waals surface area contributed by atoms with E-state index in [0.29, 0.717) is 12.1 Å². The zero-order chi connectivity index (χ0) is 10.7. The summed E-state index contributed by atoms with van der Waals surface area (Å²) < 4.78 is 2.28. The van der Waals surface area contributed by atoms with Crippen LogP contribution in [0.1, 0.15) is 56.9 Å². The standard InChI is InChI=1S/C11H20N4/c1-3-10(12-2)11-14-13-8-15(11)9-6-4-5-7-9/h8-10,12H,3-7H2,1-2H3. The van der Waals surface area contributed by atoms with E-state index in [-0.39, 0.29) is 0 Å². The molecular formula is C11H20N4. The largest absolute Gasteiger partial charge is 0.313 e. The third-order valence-electron chi connectivity index (χ3n) is 3.39. The van der Waals surface area contributed by atoms with E-state index in [0.717, 1.165) is 12.2 Å². The van der Waals surface area contributed by atoms with Gasteiger partial charge in [0, 0.05) is 6.04 Å². The maximum absolute atomic E-state index is 4.25. The van der Waals surface area contributed by atoms with Crippen LogP contribution in [-0.4, -0.2) is 21.8 Å². The first-order valence-electron chi connectivity index (χ1n) is 5.93. The highest BCUT2D eigenvalue weighted by molar-refractivity contribution is 4.97. The first kappa shape index (κ1) is 10.6. The van der Waals surface area contributed by atoms with Gasteiger partial charge < -0.3 is 9.88 Å². The van der Waals surface area contributed by atoms with Crippen LogP contribution in [0.5, 0.6) is 0 Å². The SMILES string of the molecule is CCC(NC)c1nncn1C1CCCC1. The molecule has 0 amide bonds. The fourth-order valence-electron chi connectivity index (χ4n) is 2.48. The van der Waals surface area contributed by atoms with Crippen molar-refractivity contribution in [2.75, 3.05) is 7.05 Å². The Kier molecular flexibility index (Phi) is 3.36. The lowest BCUT2D eigenvalue weighted by Crippen LogP contribution is -2.21. The van der Waals surface area contributed by atoms with Gasteiger partial charge in [-0.3, -0.25) is 0 Å². The number of nitrogens with one attached hydrogen (secondary N) is 1. The van der Waals surface area contributed by atoms with Gasteiger partial charge in [0.2, 0.25) is 0 Å². The molecule has 2 rings (SSSR count). The van der Waals surface area contributed by atoms with Crippen LogP contribution in [0.4, 0.5) is 0 Å². The van der Waals surface area contributed by atoms with E-state index in [9.17, 15) is 0 Å². The second-order valence-corrected chi connectivity index (χ2v) is 4.28. The van der Waals surface area contributed by atoms with E-state index in [1.807, 2.05) is 13.4 Å². The number of rotatable bonds is 4. The Balaban J connectivity index is 2.20. The topological polar surface area (TPSA) is 42.7 Å². The minimum absolute atomic E-state index is 0.341. The Morgan fingerprint density at radius 3 is 2.87 bits per heavy atom. The van der Waals surface area contributed by atoms with Gasteiger partial charge >= 0.3 is 0 Å². The molecule has 15 heavy (non-hydrogen) atoms. The first-order valence-corrected chi connectivity index (χ1v) is 5.93. The van der Waals surface area contributed by atoms with E-state index in [2.05, 4.69) is 27.0 Å². The van der Waals surface area contributed by atoms with Crippen molar-refractivity contribution < 1.29 is 0 Å². The summed E-state index contributed by atoms with van der Waals surface area (Å²) in [6.07, 6.45) is 8.21. The van der Waals surface area contributed by atoms with Crippen LogP contribution in [0, 0.1) is 0 Å². The van der Waals surface area contributed by atoms with Crippen molar-refractivity contribution in [2.45, 2.75) is 51.1 Å². The van der Waals surface area contributed by atoms with Crippen LogP contribution in [0.2, 0.25) is 0 Å². The van der Waals surface area contributed by atoms with Gasteiger partial charge in [0.25, 0.3) is 0 Å². The molecule has 0 aliphatic heterocycles. The molecule has 1 saturated carbocycles. The lowest BCUT2D eigenvalue weighted by Gasteiger charge is -2.18. The van der Waals surface area contributed by atoms with Crippen molar-refractivity contribution >= 4 is 0 Å². The normalized spacial score (nSPS) is 19.6. The van der Waals surface area contributed by atoms with Gasteiger partial charge in [0.15, 0.2) is 0 Å². The molecule has 1 unspecified atom stereocenters. The van der Waals surface area contributed by atoms with Crippen molar-refractivity contribution in [3.8, 4) is 0 Å². The summed E-state index contributed by atoms with van der Waals surface area (Å²) >= 11 is 0. The Hall–Kier alpha value is -0.900. The van der Waals surface area contributed by atoms with E-state index in [1.165, 1.54) is 25.7 Å². The minimum Gasteiger partial charge on any atom is -0.313 e. The third-order valence-corrected chi connectivity index (χ3v) is 3.39. The predicted molar refractivity (Wildman–Crippen MR) is 59.6 cm³/mol. The first-order chi connectivity index (χ1) is 7.36. The fraction of sp³-hybridized carbons (Fsp3) is 0.818. The van der Waals surface area contributed by atoms with Crippen LogP contribution >= 0.6 is 0 Å². The van der Waals surface area contributed by atoms with Crippen molar-refractivity contribution in [3.05, 3.63) is 12.2 Å². The highest BCUT2D eigenvalue weighted by Crippen LogP contribution is 2.31. The number of aromatic nitrogens is 3. The second-order valence-electron chi connectivity index (χ2n) is 4.28. The van der Waals surface area contributed by atoms with Gasteiger partial charge in [0.05, 0.1) is 6.04 Å². The second kappa shape index (κ2) is 4.75. The predicted octanol–water partition coefficient (Wildman–Crippen LogP) is 2.06. The molecule has 0 aromatic carbocycles. The average Bonchev–Trinajstić information content (AvgIpc) is 2.88. The number of hydrogen-bond acceptors (Lipinski definition) is 3. The van der Waals surface area contributed by atoms with Gasteiger partial charge in [-0.05, 0) is 26.3 Å². The molecule has 1 N–H and O–H groups in total. The molecule has 0 saturated heterocycles. The van der Waals surface area contributed by atoms with Gasteiger partial charge in [-0.2, -0.15) is 0 Å². The van der Waals surface area contributed by atoms with E-state index >= 15 is 0 Å². The Bertz CT molecular complexity index is 281. The number of nitrogens with zero attached hydrogens (tertiary/aromatic N) is 3. The van der Waals surface area contributed by atoms with Crippen LogP contribution in [0.25, 0.3) is 0 Å². The molecule has 0 bridgehead atoms. The molecule has 1 aliphatic carbocycles. The summed E-state index contributed by atoms with van der Waals surface area (Å²) in [7, 11) is 1.99. The summed E-state index contributed by atoms with van der Waals surface area (Å²) in [5, 5.41) is 11.6. The lowest BCUT2D eigenvalue weighted by atomic mass is 10.2. The van der Waals surface area contributed by atoms with Crippen LogP contribution in [-0.2, 0) is 0 Å². The Labute approximate surface area is 91.1 Å². The van der Waals surface area contributed by atoms with Crippen LogP contribution in [0.3, 0.4) is 0 Å². The summed E-state index contributed by atoms with van der Waals surface area (Å²) in [6, 6.07) is 0.977. The van der Waals surface area contributed by atoms with Gasteiger partial charge in [-0.1, -0.05) is 19.8 Å². The highest BCUT2D eigenvalue weighted by atomic mass is 15.3. The van der Waals surface area contributed by atoms with Gasteiger partial charge in [-0.15, -0.1) is 10.2 Å². The molecule has 1 atom stereocenters. The molecule has 4 nitrogen and oxygen atoms in total. The van der Waals surface area contributed by atoms with Crippen molar-refractivity contribution in [1.29, 1.82) is 0 Å². The maximum Gasteiger partial charge on any atom is 0.150 e. The smallest absolute Gasteiger partial charge is 0.150 e. The molecule has 1 aliphatic rings. The van der Waals surface area contributed by atoms with E-state index < -0.39 is 0 Å². The summed E-state index contributed by atoms with van der Waals surface area (Å²) in [6.45, 7) is 2.18. The zero-order valence-electron chi connectivity index (χ0n) is 9.61. The molecule has 4 heteroatoms. The minimum atomic E-state index is 0.341. The zero-order valence-corrected chi connectivity index (χ0v) is 9.61. The summed E-state index contributed by atoms with van der Waals surface area (Å²) in [4.78, 5) is 0. The van der Waals surface area contributed by atoms with Gasteiger partial charge in [0.1, 0.15) is 12.2 Å². The van der Waals surface area contributed by atoms with Crippen molar-refractivity contribution in [2.24, 2.45) is 0 Å². The fourth-order valence-corrected chi connectivity index (χ4v) is 2.48. The third kappa shape index (κ3) is 2.04. The monoisotopic (exact) mass is 208 g/mol. The molecule has 84 valence electrons. The molecule has 0 spiro atoms. The maximum atomic E-state index is 4.25. The lowest BCUT2D eigenvalue weighted by molar-refractivity contribution is 0.446. The molecule has 1 heterocycles. The highest BCUT2D eigenvalue weighted by Gasteiger charge is 2.22. The van der Waals surface area contributed by atoms with E-state index in [4.69, 9.17) is 0 Å². The molecule has 1 aromatic heterocycles. The quantitative estimate of drug-likeness (QED) is 0.823.